The Balaban J connectivity index is 1.58. The third-order valence-corrected chi connectivity index (χ3v) is 5.23. The molecular formula is C21H25ClN2O3. The Morgan fingerprint density at radius 2 is 1.81 bits per heavy atom. The van der Waals surface area contributed by atoms with Crippen molar-refractivity contribution in [1.82, 2.24) is 4.90 Å². The minimum Gasteiger partial charge on any atom is -0.495 e. The molecule has 1 heterocycles. The number of benzene rings is 2. The van der Waals surface area contributed by atoms with E-state index in [1.807, 2.05) is 42.2 Å². The molecular weight excluding hydrogens is 364 g/mol. The number of anilines is 1. The van der Waals surface area contributed by atoms with Crippen LogP contribution in [0.4, 0.5) is 5.69 Å². The van der Waals surface area contributed by atoms with Crippen LogP contribution in [0.5, 0.6) is 11.5 Å². The summed E-state index contributed by atoms with van der Waals surface area (Å²) in [4.78, 5) is 16.9. The first-order valence-electron chi connectivity index (χ1n) is 9.09. The van der Waals surface area contributed by atoms with Crippen LogP contribution in [0.15, 0.2) is 42.5 Å². The number of aryl methyl sites for hydroxylation is 1. The molecule has 0 N–H and O–H groups in total. The number of methoxy groups -OCH3 is 1. The van der Waals surface area contributed by atoms with E-state index in [0.29, 0.717) is 23.9 Å². The lowest BCUT2D eigenvalue weighted by Gasteiger charge is -2.37. The summed E-state index contributed by atoms with van der Waals surface area (Å²) in [6, 6.07) is 13.4. The van der Waals surface area contributed by atoms with Gasteiger partial charge in [0.05, 0.1) is 12.8 Å². The van der Waals surface area contributed by atoms with Crippen LogP contribution in [0.25, 0.3) is 0 Å². The van der Waals surface area contributed by atoms with Gasteiger partial charge in [0.1, 0.15) is 11.5 Å². The third kappa shape index (κ3) is 4.48. The van der Waals surface area contributed by atoms with Crippen LogP contribution in [-0.2, 0) is 4.79 Å². The number of para-hydroxylation sites is 2. The topological polar surface area (TPSA) is 42.0 Å². The molecule has 1 aliphatic rings. The summed E-state index contributed by atoms with van der Waals surface area (Å²) in [6.45, 7) is 6.55. The first kappa shape index (κ1) is 19.4. The van der Waals surface area contributed by atoms with Crippen molar-refractivity contribution < 1.29 is 14.3 Å². The van der Waals surface area contributed by atoms with E-state index in [4.69, 9.17) is 21.1 Å². The van der Waals surface area contributed by atoms with Crippen LogP contribution in [0.1, 0.15) is 12.5 Å². The predicted molar refractivity (Wildman–Crippen MR) is 108 cm³/mol. The monoisotopic (exact) mass is 388 g/mol. The SMILES string of the molecule is COc1ccccc1N1CCN(C(=O)C(C)Oc2ccc(Cl)c(C)c2)CC1. The fourth-order valence-electron chi connectivity index (χ4n) is 3.26. The van der Waals surface area contributed by atoms with E-state index in [9.17, 15) is 4.79 Å². The number of amides is 1. The Hall–Kier alpha value is -2.40. The van der Waals surface area contributed by atoms with Crippen molar-refractivity contribution in [2.24, 2.45) is 0 Å². The first-order chi connectivity index (χ1) is 13.0. The van der Waals surface area contributed by atoms with Gasteiger partial charge >= 0.3 is 0 Å². The Morgan fingerprint density at radius 3 is 2.48 bits per heavy atom. The van der Waals surface area contributed by atoms with E-state index in [2.05, 4.69) is 4.90 Å². The molecule has 0 aliphatic carbocycles. The van der Waals surface area contributed by atoms with Crippen molar-refractivity contribution in [3.8, 4) is 11.5 Å². The van der Waals surface area contributed by atoms with Crippen LogP contribution in [-0.4, -0.2) is 50.2 Å². The minimum atomic E-state index is -0.539. The molecule has 5 nitrogen and oxygen atoms in total. The molecule has 2 aromatic rings. The van der Waals surface area contributed by atoms with Crippen molar-refractivity contribution in [3.05, 3.63) is 53.1 Å². The molecule has 2 aromatic carbocycles. The first-order valence-corrected chi connectivity index (χ1v) is 9.47. The zero-order valence-electron chi connectivity index (χ0n) is 15.9. The van der Waals surface area contributed by atoms with Crippen LogP contribution in [0, 0.1) is 6.92 Å². The fourth-order valence-corrected chi connectivity index (χ4v) is 3.38. The summed E-state index contributed by atoms with van der Waals surface area (Å²) < 4.78 is 11.3. The fraction of sp³-hybridized carbons (Fsp3) is 0.381. The number of rotatable bonds is 5. The lowest BCUT2D eigenvalue weighted by molar-refractivity contribution is -0.138. The summed E-state index contributed by atoms with van der Waals surface area (Å²) in [6.07, 6.45) is -0.539. The number of nitrogens with zero attached hydrogens (tertiary/aromatic N) is 2. The highest BCUT2D eigenvalue weighted by Gasteiger charge is 2.27. The van der Waals surface area contributed by atoms with Crippen LogP contribution < -0.4 is 14.4 Å². The Labute approximate surface area is 165 Å². The number of hydrogen-bond acceptors (Lipinski definition) is 4. The molecule has 0 saturated carbocycles. The number of ether oxygens (including phenoxy) is 2. The summed E-state index contributed by atoms with van der Waals surface area (Å²) in [7, 11) is 1.68. The van der Waals surface area contributed by atoms with Crippen molar-refractivity contribution >= 4 is 23.2 Å². The average Bonchev–Trinajstić information content (AvgIpc) is 2.70. The van der Waals surface area contributed by atoms with Crippen LogP contribution in [0.2, 0.25) is 5.02 Å². The number of piperazine rings is 1. The van der Waals surface area contributed by atoms with Gasteiger partial charge in [-0.2, -0.15) is 0 Å². The Morgan fingerprint density at radius 1 is 1.11 bits per heavy atom. The number of hydrogen-bond donors (Lipinski definition) is 0. The molecule has 0 spiro atoms. The number of halogens is 1. The summed E-state index contributed by atoms with van der Waals surface area (Å²) in [5.41, 5.74) is 1.99. The van der Waals surface area contributed by atoms with Gasteiger partial charge in [-0.15, -0.1) is 0 Å². The maximum absolute atomic E-state index is 12.8. The van der Waals surface area contributed by atoms with Crippen LogP contribution >= 0.6 is 11.6 Å². The second-order valence-electron chi connectivity index (χ2n) is 6.66. The van der Waals surface area contributed by atoms with Crippen molar-refractivity contribution in [2.45, 2.75) is 20.0 Å². The van der Waals surface area contributed by atoms with Gasteiger partial charge in [0.2, 0.25) is 0 Å². The largest absolute Gasteiger partial charge is 0.495 e. The van der Waals surface area contributed by atoms with E-state index in [0.717, 1.165) is 30.1 Å². The molecule has 1 aliphatic heterocycles. The zero-order valence-corrected chi connectivity index (χ0v) is 16.7. The molecule has 3 rings (SSSR count). The quantitative estimate of drug-likeness (QED) is 0.781. The maximum atomic E-state index is 12.8. The van der Waals surface area contributed by atoms with E-state index >= 15 is 0 Å². The van der Waals surface area contributed by atoms with Gasteiger partial charge in [-0.05, 0) is 49.7 Å². The number of carbonyl (C=O) groups excluding carboxylic acids is 1. The molecule has 1 fully saturated rings. The minimum absolute atomic E-state index is 0.00211. The van der Waals surface area contributed by atoms with Gasteiger partial charge in [0, 0.05) is 31.2 Å². The highest BCUT2D eigenvalue weighted by atomic mass is 35.5. The van der Waals surface area contributed by atoms with Crippen molar-refractivity contribution in [1.29, 1.82) is 0 Å². The smallest absolute Gasteiger partial charge is 0.263 e. The molecule has 0 aromatic heterocycles. The van der Waals surface area contributed by atoms with Gasteiger partial charge < -0.3 is 19.3 Å². The molecule has 27 heavy (non-hydrogen) atoms. The molecule has 1 amide bonds. The Bertz CT molecular complexity index is 804. The van der Waals surface area contributed by atoms with Crippen molar-refractivity contribution in [3.63, 3.8) is 0 Å². The molecule has 0 bridgehead atoms. The normalized spacial score (nSPS) is 15.4. The summed E-state index contributed by atoms with van der Waals surface area (Å²) in [5, 5.41) is 0.689. The van der Waals surface area contributed by atoms with Gasteiger partial charge in [-0.25, -0.2) is 0 Å². The summed E-state index contributed by atoms with van der Waals surface area (Å²) in [5.74, 6) is 1.51. The highest BCUT2D eigenvalue weighted by molar-refractivity contribution is 6.31. The third-order valence-electron chi connectivity index (χ3n) is 4.81. The average molecular weight is 389 g/mol. The van der Waals surface area contributed by atoms with Gasteiger partial charge in [-0.1, -0.05) is 23.7 Å². The molecule has 6 heteroatoms. The Kier molecular flexibility index (Phi) is 6.11. The lowest BCUT2D eigenvalue weighted by Crippen LogP contribution is -2.52. The van der Waals surface area contributed by atoms with E-state index in [-0.39, 0.29) is 5.91 Å². The van der Waals surface area contributed by atoms with E-state index in [1.165, 1.54) is 0 Å². The standard InChI is InChI=1S/C21H25ClN2O3/c1-15-14-17(8-9-18(15)22)27-16(2)21(25)24-12-10-23(11-13-24)19-6-4-5-7-20(19)26-3/h4-9,14,16H,10-13H2,1-3H3. The van der Waals surface area contributed by atoms with Gasteiger partial charge in [0.15, 0.2) is 6.10 Å². The predicted octanol–water partition coefficient (Wildman–Crippen LogP) is 3.77. The molecule has 144 valence electrons. The zero-order chi connectivity index (χ0) is 19.4. The van der Waals surface area contributed by atoms with Gasteiger partial charge in [0.25, 0.3) is 5.91 Å². The molecule has 1 atom stereocenters. The van der Waals surface area contributed by atoms with E-state index < -0.39 is 6.10 Å². The van der Waals surface area contributed by atoms with Gasteiger partial charge in [-0.3, -0.25) is 4.79 Å². The highest BCUT2D eigenvalue weighted by Crippen LogP contribution is 2.28. The van der Waals surface area contributed by atoms with Crippen molar-refractivity contribution in [2.75, 3.05) is 38.2 Å². The van der Waals surface area contributed by atoms with E-state index in [1.54, 1.807) is 26.2 Å². The number of carbonyl (C=O) groups is 1. The second kappa shape index (κ2) is 8.53. The molecule has 1 unspecified atom stereocenters. The van der Waals surface area contributed by atoms with Crippen LogP contribution in [0.3, 0.4) is 0 Å². The maximum Gasteiger partial charge on any atom is 0.263 e. The molecule has 0 radical (unpaired) electrons. The summed E-state index contributed by atoms with van der Waals surface area (Å²) >= 11 is 6.04. The second-order valence-corrected chi connectivity index (χ2v) is 7.06. The lowest BCUT2D eigenvalue weighted by atomic mass is 10.2. The molecule has 1 saturated heterocycles.